The van der Waals surface area contributed by atoms with Crippen LogP contribution in [-0.2, 0) is 5.60 Å². The lowest BCUT2D eigenvalue weighted by Gasteiger charge is -2.44. The number of anilines is 1. The van der Waals surface area contributed by atoms with Gasteiger partial charge in [-0.15, -0.1) is 0 Å². The van der Waals surface area contributed by atoms with E-state index in [-0.39, 0.29) is 0 Å². The normalized spacial score (nSPS) is 22.6. The highest BCUT2D eigenvalue weighted by Crippen LogP contribution is 2.64. The van der Waals surface area contributed by atoms with Crippen LogP contribution in [0.2, 0.25) is 0 Å². The van der Waals surface area contributed by atoms with Crippen LogP contribution in [-0.4, -0.2) is 14.1 Å². The van der Waals surface area contributed by atoms with E-state index in [4.69, 9.17) is 9.47 Å². The predicted molar refractivity (Wildman–Crippen MR) is 232 cm³/mol. The Kier molecular flexibility index (Phi) is 8.59. The summed E-state index contributed by atoms with van der Waals surface area (Å²) in [6, 6.07) is 30.8. The number of nitrogens with zero attached hydrogens (tertiary/aromatic N) is 1. The van der Waals surface area contributed by atoms with E-state index in [0.29, 0.717) is 23.7 Å². The van der Waals surface area contributed by atoms with E-state index in [1.54, 1.807) is 0 Å². The third kappa shape index (κ3) is 5.50. The van der Waals surface area contributed by atoms with Crippen molar-refractivity contribution in [2.45, 2.75) is 132 Å². The molecule has 286 valence electrons. The molecule has 0 saturated heterocycles. The van der Waals surface area contributed by atoms with Crippen molar-refractivity contribution in [2.75, 3.05) is 19.0 Å². The van der Waals surface area contributed by atoms with Crippen molar-refractivity contribution in [3.8, 4) is 28.4 Å². The summed E-state index contributed by atoms with van der Waals surface area (Å²) in [7, 11) is 4.28. The van der Waals surface area contributed by atoms with Gasteiger partial charge in [0.25, 0.3) is 0 Å². The van der Waals surface area contributed by atoms with E-state index in [2.05, 4.69) is 110 Å². The summed E-state index contributed by atoms with van der Waals surface area (Å²) in [5, 5.41) is 2.39. The van der Waals surface area contributed by atoms with E-state index in [0.717, 1.165) is 28.3 Å². The van der Waals surface area contributed by atoms with Crippen molar-refractivity contribution in [3.05, 3.63) is 124 Å². The molecule has 0 bridgehead atoms. The molecule has 2 aliphatic heterocycles. The zero-order valence-electron chi connectivity index (χ0n) is 33.5. The molecule has 3 heteroatoms. The smallest absolute Gasteiger partial charge is 0.178 e. The molecule has 2 heterocycles. The number of benzene rings is 5. The van der Waals surface area contributed by atoms with E-state index < -0.39 is 5.60 Å². The van der Waals surface area contributed by atoms with E-state index in [1.165, 1.54) is 158 Å². The summed E-state index contributed by atoms with van der Waals surface area (Å²) in [6.07, 6.45) is 26.0. The number of hydrogen-bond acceptors (Lipinski definition) is 3. The van der Waals surface area contributed by atoms with Crippen LogP contribution in [0.1, 0.15) is 165 Å². The van der Waals surface area contributed by atoms with Crippen LogP contribution in [0.25, 0.3) is 28.0 Å². The van der Waals surface area contributed by atoms with Gasteiger partial charge in [0.05, 0.1) is 0 Å². The summed E-state index contributed by atoms with van der Waals surface area (Å²) in [6.45, 7) is 0. The van der Waals surface area contributed by atoms with Crippen molar-refractivity contribution >= 4 is 22.5 Å². The van der Waals surface area contributed by atoms with Gasteiger partial charge in [0.15, 0.2) is 5.60 Å². The highest BCUT2D eigenvalue weighted by atomic mass is 16.5. The molecule has 0 aromatic heterocycles. The lowest BCUT2D eigenvalue weighted by atomic mass is 9.64. The molecule has 0 N–H and O–H groups in total. The van der Waals surface area contributed by atoms with Gasteiger partial charge in [-0.2, -0.15) is 0 Å². The Labute approximate surface area is 334 Å². The van der Waals surface area contributed by atoms with Crippen molar-refractivity contribution in [1.82, 2.24) is 0 Å². The minimum absolute atomic E-state index is 0.455. The fraction of sp³-hybridized carbons (Fsp3) is 0.434. The molecule has 3 saturated carbocycles. The Morgan fingerprint density at radius 1 is 0.589 bits per heavy atom. The van der Waals surface area contributed by atoms with Crippen LogP contribution >= 0.6 is 0 Å². The molecule has 0 radical (unpaired) electrons. The van der Waals surface area contributed by atoms with Crippen LogP contribution in [0.5, 0.6) is 17.2 Å². The molecule has 5 aromatic carbocycles. The fourth-order valence-corrected chi connectivity index (χ4v) is 12.1. The highest BCUT2D eigenvalue weighted by molar-refractivity contribution is 6.13. The number of ether oxygens (including phenoxy) is 2. The molecule has 56 heavy (non-hydrogen) atoms. The van der Waals surface area contributed by atoms with Gasteiger partial charge in [-0.1, -0.05) is 131 Å². The molecule has 3 nitrogen and oxygen atoms in total. The lowest BCUT2D eigenvalue weighted by Crippen LogP contribution is -2.35. The zero-order chi connectivity index (χ0) is 37.4. The number of fused-ring (bicyclic) bond motifs is 6. The van der Waals surface area contributed by atoms with Gasteiger partial charge in [0.1, 0.15) is 17.2 Å². The van der Waals surface area contributed by atoms with Gasteiger partial charge >= 0.3 is 0 Å². The van der Waals surface area contributed by atoms with Crippen molar-refractivity contribution in [2.24, 2.45) is 0 Å². The third-order valence-electron chi connectivity index (χ3n) is 15.0. The maximum absolute atomic E-state index is 7.91. The number of hydrogen-bond donors (Lipinski definition) is 0. The van der Waals surface area contributed by atoms with Crippen LogP contribution in [0.4, 0.5) is 5.69 Å². The number of rotatable bonds is 5. The van der Waals surface area contributed by atoms with Crippen molar-refractivity contribution in [3.63, 3.8) is 0 Å². The zero-order valence-corrected chi connectivity index (χ0v) is 33.5. The second-order valence-corrected chi connectivity index (χ2v) is 18.4. The molecular formula is C53H57NO2. The lowest BCUT2D eigenvalue weighted by molar-refractivity contribution is 0.163. The van der Waals surface area contributed by atoms with Gasteiger partial charge in [0, 0.05) is 64.4 Å². The molecule has 5 aromatic rings. The first-order valence-corrected chi connectivity index (χ1v) is 22.3. The van der Waals surface area contributed by atoms with Crippen molar-refractivity contribution in [1.29, 1.82) is 0 Å². The molecule has 0 amide bonds. The Balaban J connectivity index is 1.14. The molecule has 0 spiro atoms. The van der Waals surface area contributed by atoms with Crippen LogP contribution < -0.4 is 14.4 Å². The molecule has 11 rings (SSSR count). The van der Waals surface area contributed by atoms with Gasteiger partial charge in [-0.05, 0) is 103 Å². The van der Waals surface area contributed by atoms with Gasteiger partial charge in [0.2, 0.25) is 0 Å². The highest BCUT2D eigenvalue weighted by Gasteiger charge is 2.45. The average molecular weight is 740 g/mol. The summed E-state index contributed by atoms with van der Waals surface area (Å²) < 4.78 is 14.9. The van der Waals surface area contributed by atoms with Crippen molar-refractivity contribution < 1.29 is 9.47 Å². The van der Waals surface area contributed by atoms with Gasteiger partial charge < -0.3 is 14.4 Å². The maximum Gasteiger partial charge on any atom is 0.178 e. The first-order valence-electron chi connectivity index (χ1n) is 22.3. The molecule has 6 aliphatic rings. The molecular weight excluding hydrogens is 683 g/mol. The topological polar surface area (TPSA) is 21.7 Å². The second-order valence-electron chi connectivity index (χ2n) is 18.4. The first kappa shape index (κ1) is 34.7. The monoisotopic (exact) mass is 739 g/mol. The van der Waals surface area contributed by atoms with Gasteiger partial charge in [-0.25, -0.2) is 0 Å². The summed E-state index contributed by atoms with van der Waals surface area (Å²) in [4.78, 5) is 2.21. The van der Waals surface area contributed by atoms with E-state index in [1.807, 2.05) is 0 Å². The van der Waals surface area contributed by atoms with E-state index >= 15 is 0 Å². The summed E-state index contributed by atoms with van der Waals surface area (Å²) in [5.41, 5.74) is 12.8. The maximum atomic E-state index is 7.91. The Morgan fingerprint density at radius 3 is 1.80 bits per heavy atom. The van der Waals surface area contributed by atoms with Crippen LogP contribution in [0.15, 0.2) is 84.9 Å². The third-order valence-corrected chi connectivity index (χ3v) is 15.0. The Morgan fingerprint density at radius 2 is 1.18 bits per heavy atom. The second kappa shape index (κ2) is 13.9. The summed E-state index contributed by atoms with van der Waals surface area (Å²) >= 11 is 0. The molecule has 2 atom stereocenters. The quantitative estimate of drug-likeness (QED) is 0.176. The Bertz CT molecular complexity index is 2260. The SMILES string of the molecule is CN(C)c1cc2c3c4c(c5c(c3c1)OC(c1ccc(C3CCCCC3)cc1)(c1ccc(C3CCCCC3)cc1)C=C5)C1CCCCCCC1c1cccc(c1-4)O2. The van der Waals surface area contributed by atoms with Crippen LogP contribution in [0.3, 0.4) is 0 Å². The minimum atomic E-state index is -0.762. The van der Waals surface area contributed by atoms with E-state index in [9.17, 15) is 0 Å². The average Bonchev–Trinajstić information content (AvgIpc) is 3.24. The summed E-state index contributed by atoms with van der Waals surface area (Å²) in [5.74, 6) is 5.27. The molecule has 4 aliphatic carbocycles. The molecule has 3 fully saturated rings. The molecule has 2 unspecified atom stereocenters. The van der Waals surface area contributed by atoms with Crippen LogP contribution in [0, 0.1) is 0 Å². The minimum Gasteiger partial charge on any atom is -0.472 e. The van der Waals surface area contributed by atoms with Gasteiger partial charge in [-0.3, -0.25) is 0 Å². The largest absolute Gasteiger partial charge is 0.472 e. The Hall–Kier alpha value is -4.50. The first-order chi connectivity index (χ1) is 27.6. The fourth-order valence-electron chi connectivity index (χ4n) is 12.1. The predicted octanol–water partition coefficient (Wildman–Crippen LogP) is 14.7. The standard InChI is InChI=1S/C53H57NO2/c1-54(2)40-32-45-50-47(33-40)55-46-21-13-20-43-41-18-11-3-4-12-19-42(41)48(51(50)49(43)46)44-30-31-53(56-52(44)45,38-26-22-36(23-27-38)34-14-7-5-8-15-34)39-28-24-37(25-29-39)35-16-9-6-10-17-35/h13,20-35,41-42H,3-12,14-19H2,1-2H3.